The minimum Gasteiger partial charge on any atom is -0.492 e. The van der Waals surface area contributed by atoms with E-state index in [0.717, 1.165) is 44.0 Å². The molecule has 0 N–H and O–H groups in total. The van der Waals surface area contributed by atoms with Gasteiger partial charge in [-0.05, 0) is 60.2 Å². The number of amides is 2. The van der Waals surface area contributed by atoms with Crippen molar-refractivity contribution in [3.05, 3.63) is 106 Å². The van der Waals surface area contributed by atoms with Crippen LogP contribution in [0, 0.1) is 0 Å². The smallest absolute Gasteiger partial charge is 0.293 e. The average Bonchev–Trinajstić information content (AvgIpc) is 3.34. The summed E-state index contributed by atoms with van der Waals surface area (Å²) in [7, 11) is 0. The molecule has 1 aliphatic heterocycles. The molecule has 1 aliphatic rings. The van der Waals surface area contributed by atoms with E-state index in [1.54, 1.807) is 0 Å². The highest BCUT2D eigenvalue weighted by molar-refractivity contribution is 9.10. The molecule has 4 aromatic rings. The van der Waals surface area contributed by atoms with Crippen molar-refractivity contribution in [2.24, 2.45) is 0 Å². The number of nitrogens with zero attached hydrogens (tertiary/aromatic N) is 2. The highest BCUT2D eigenvalue weighted by Crippen LogP contribution is 2.35. The number of benzene rings is 3. The zero-order valence-corrected chi connectivity index (χ0v) is 21.3. The first kappa shape index (κ1) is 23.5. The fraction of sp³-hybridized carbons (Fsp3) is 0.143. The van der Waals surface area contributed by atoms with E-state index in [0.29, 0.717) is 31.0 Å². The van der Waals surface area contributed by atoms with Crippen LogP contribution < -0.4 is 4.74 Å². The molecule has 0 bridgehead atoms. The Bertz CT molecular complexity index is 1400. The second-order valence-electron chi connectivity index (χ2n) is 8.17. The largest absolute Gasteiger partial charge is 0.492 e. The number of aromatic nitrogens is 1. The van der Waals surface area contributed by atoms with Gasteiger partial charge in [-0.15, -0.1) is 0 Å². The third kappa shape index (κ3) is 5.36. The molecular weight excluding hydrogens is 524 g/mol. The van der Waals surface area contributed by atoms with Crippen LogP contribution in [0.4, 0.5) is 4.79 Å². The standard InChI is InChI=1S/C28H23BrN2O3S/c29-22-11-12-25-24(18-22)21(19-30(25)15-16-34-23-9-5-2-6-10-23)17-26-27(32)31(28(33)35-26)14-13-20-7-3-1-4-8-20/h1-12,17-19H,13-16H2/b26-17-. The maximum Gasteiger partial charge on any atom is 0.293 e. The van der Waals surface area contributed by atoms with E-state index in [1.807, 2.05) is 91.1 Å². The molecule has 176 valence electrons. The molecule has 1 fully saturated rings. The number of halogens is 1. The summed E-state index contributed by atoms with van der Waals surface area (Å²) in [6, 6.07) is 25.7. The molecule has 0 aliphatic carbocycles. The van der Waals surface area contributed by atoms with Gasteiger partial charge < -0.3 is 9.30 Å². The third-order valence-corrected chi connectivity index (χ3v) is 7.25. The van der Waals surface area contributed by atoms with Gasteiger partial charge in [-0.1, -0.05) is 64.5 Å². The third-order valence-electron chi connectivity index (χ3n) is 5.85. The van der Waals surface area contributed by atoms with Crippen LogP contribution in [0.3, 0.4) is 0 Å². The summed E-state index contributed by atoms with van der Waals surface area (Å²) in [5, 5.41) is 0.786. The molecule has 3 aromatic carbocycles. The molecule has 1 aromatic heterocycles. The van der Waals surface area contributed by atoms with Crippen molar-refractivity contribution in [1.82, 2.24) is 9.47 Å². The fourth-order valence-corrected chi connectivity index (χ4v) is 5.31. The van der Waals surface area contributed by atoms with Gasteiger partial charge in [0.05, 0.1) is 11.4 Å². The second kappa shape index (κ2) is 10.5. The van der Waals surface area contributed by atoms with Crippen molar-refractivity contribution < 1.29 is 14.3 Å². The zero-order chi connectivity index (χ0) is 24.2. The van der Waals surface area contributed by atoms with Crippen LogP contribution in [0.25, 0.3) is 17.0 Å². The SMILES string of the molecule is O=C1S/C(=C\c2cn(CCOc3ccccc3)c3ccc(Br)cc23)C(=O)N1CCc1ccccc1. The zero-order valence-electron chi connectivity index (χ0n) is 18.9. The Labute approximate surface area is 216 Å². The van der Waals surface area contributed by atoms with Crippen molar-refractivity contribution in [1.29, 1.82) is 0 Å². The molecule has 2 heterocycles. The van der Waals surface area contributed by atoms with Crippen molar-refractivity contribution in [3.63, 3.8) is 0 Å². The Balaban J connectivity index is 1.36. The van der Waals surface area contributed by atoms with Gasteiger partial charge in [-0.25, -0.2) is 0 Å². The lowest BCUT2D eigenvalue weighted by Gasteiger charge is -2.12. The van der Waals surface area contributed by atoms with E-state index in [1.165, 1.54) is 4.90 Å². The number of carbonyl (C=O) groups excluding carboxylic acids is 2. The topological polar surface area (TPSA) is 51.5 Å². The number of ether oxygens (including phenoxy) is 1. The Hall–Kier alpha value is -3.29. The molecule has 7 heteroatoms. The van der Waals surface area contributed by atoms with Gasteiger partial charge in [0, 0.05) is 33.7 Å². The number of rotatable bonds is 8. The molecule has 0 atom stereocenters. The summed E-state index contributed by atoms with van der Waals surface area (Å²) >= 11 is 4.56. The van der Waals surface area contributed by atoms with Crippen LogP contribution in [-0.2, 0) is 17.8 Å². The minimum absolute atomic E-state index is 0.224. The van der Waals surface area contributed by atoms with Crippen molar-refractivity contribution >= 4 is 55.8 Å². The first-order valence-corrected chi connectivity index (χ1v) is 12.9. The van der Waals surface area contributed by atoms with E-state index in [2.05, 4.69) is 20.5 Å². The molecule has 0 radical (unpaired) electrons. The first-order chi connectivity index (χ1) is 17.1. The number of thioether (sulfide) groups is 1. The average molecular weight is 547 g/mol. The van der Waals surface area contributed by atoms with Gasteiger partial charge in [0.15, 0.2) is 0 Å². The lowest BCUT2D eigenvalue weighted by molar-refractivity contribution is -0.122. The Morgan fingerprint density at radius 2 is 1.66 bits per heavy atom. The highest BCUT2D eigenvalue weighted by atomic mass is 79.9. The summed E-state index contributed by atoms with van der Waals surface area (Å²) in [6.07, 6.45) is 4.49. The van der Waals surface area contributed by atoms with Crippen LogP contribution in [0.2, 0.25) is 0 Å². The van der Waals surface area contributed by atoms with Gasteiger partial charge in [0.25, 0.3) is 11.1 Å². The fourth-order valence-electron chi connectivity index (χ4n) is 4.10. The number of imide groups is 1. The van der Waals surface area contributed by atoms with Gasteiger partial charge in [0.1, 0.15) is 12.4 Å². The molecule has 0 spiro atoms. The summed E-state index contributed by atoms with van der Waals surface area (Å²) in [5.74, 6) is 0.593. The van der Waals surface area contributed by atoms with Crippen molar-refractivity contribution in [2.75, 3.05) is 13.2 Å². The van der Waals surface area contributed by atoms with E-state index in [4.69, 9.17) is 4.74 Å². The molecule has 2 amide bonds. The van der Waals surface area contributed by atoms with Crippen LogP contribution in [0.15, 0.2) is 94.4 Å². The number of hydrogen-bond acceptors (Lipinski definition) is 4. The van der Waals surface area contributed by atoms with Crippen LogP contribution in [0.5, 0.6) is 5.75 Å². The van der Waals surface area contributed by atoms with Crippen molar-refractivity contribution in [3.8, 4) is 5.75 Å². The van der Waals surface area contributed by atoms with Crippen LogP contribution in [-0.4, -0.2) is 33.8 Å². The summed E-state index contributed by atoms with van der Waals surface area (Å²) in [6.45, 7) is 1.54. The predicted molar refractivity (Wildman–Crippen MR) is 144 cm³/mol. The molecular formula is C28H23BrN2O3S. The maximum absolute atomic E-state index is 13.1. The Morgan fingerprint density at radius 3 is 2.43 bits per heavy atom. The maximum atomic E-state index is 13.1. The number of fused-ring (bicyclic) bond motifs is 1. The number of hydrogen-bond donors (Lipinski definition) is 0. The lowest BCUT2D eigenvalue weighted by Crippen LogP contribution is -2.30. The summed E-state index contributed by atoms with van der Waals surface area (Å²) in [4.78, 5) is 27.5. The molecule has 0 saturated carbocycles. The first-order valence-electron chi connectivity index (χ1n) is 11.3. The van der Waals surface area contributed by atoms with E-state index < -0.39 is 0 Å². The molecule has 5 nitrogen and oxygen atoms in total. The molecule has 1 saturated heterocycles. The summed E-state index contributed by atoms with van der Waals surface area (Å²) in [5.41, 5.74) is 3.04. The van der Waals surface area contributed by atoms with Crippen LogP contribution in [0.1, 0.15) is 11.1 Å². The van der Waals surface area contributed by atoms with Gasteiger partial charge >= 0.3 is 0 Å². The van der Waals surface area contributed by atoms with Crippen molar-refractivity contribution in [2.45, 2.75) is 13.0 Å². The quantitative estimate of drug-likeness (QED) is 0.229. The Morgan fingerprint density at radius 1 is 0.914 bits per heavy atom. The monoisotopic (exact) mass is 546 g/mol. The normalized spacial score (nSPS) is 14.9. The second-order valence-corrected chi connectivity index (χ2v) is 10.1. The van der Waals surface area contributed by atoms with E-state index >= 15 is 0 Å². The molecule has 0 unspecified atom stereocenters. The van der Waals surface area contributed by atoms with Crippen LogP contribution >= 0.6 is 27.7 Å². The summed E-state index contributed by atoms with van der Waals surface area (Å²) < 4.78 is 8.95. The van der Waals surface area contributed by atoms with Gasteiger partial charge in [-0.2, -0.15) is 0 Å². The van der Waals surface area contributed by atoms with E-state index in [9.17, 15) is 9.59 Å². The van der Waals surface area contributed by atoms with E-state index in [-0.39, 0.29) is 11.1 Å². The number of carbonyl (C=O) groups is 2. The highest BCUT2D eigenvalue weighted by Gasteiger charge is 2.34. The van der Waals surface area contributed by atoms with Gasteiger partial charge in [0.2, 0.25) is 0 Å². The minimum atomic E-state index is -0.237. The molecule has 5 rings (SSSR count). The predicted octanol–water partition coefficient (Wildman–Crippen LogP) is 6.76. The lowest BCUT2D eigenvalue weighted by atomic mass is 10.1. The van der Waals surface area contributed by atoms with Gasteiger partial charge in [-0.3, -0.25) is 14.5 Å². The molecule has 35 heavy (non-hydrogen) atoms. The number of para-hydroxylation sites is 1. The Kier molecular flexibility index (Phi) is 7.06.